The SMILES string of the molecule is CCN1CC(=O)NC[C@]12CCNC2. The monoisotopic (exact) mass is 183 g/mol. The predicted octanol–water partition coefficient (Wildman–Crippen LogP) is -0.830. The first-order chi connectivity index (χ1) is 6.27. The second-order valence-electron chi connectivity index (χ2n) is 3.94. The summed E-state index contributed by atoms with van der Waals surface area (Å²) >= 11 is 0. The van der Waals surface area contributed by atoms with Crippen molar-refractivity contribution in [1.82, 2.24) is 15.5 Å². The highest BCUT2D eigenvalue weighted by molar-refractivity contribution is 5.79. The summed E-state index contributed by atoms with van der Waals surface area (Å²) in [6.45, 7) is 6.56. The molecule has 1 amide bonds. The zero-order valence-electron chi connectivity index (χ0n) is 8.10. The summed E-state index contributed by atoms with van der Waals surface area (Å²) in [5, 5.41) is 6.33. The fourth-order valence-electron chi connectivity index (χ4n) is 2.37. The third-order valence-electron chi connectivity index (χ3n) is 3.22. The summed E-state index contributed by atoms with van der Waals surface area (Å²) in [4.78, 5) is 13.5. The van der Waals surface area contributed by atoms with Crippen LogP contribution in [-0.2, 0) is 4.79 Å². The number of nitrogens with zero attached hydrogens (tertiary/aromatic N) is 1. The highest BCUT2D eigenvalue weighted by Gasteiger charge is 2.42. The van der Waals surface area contributed by atoms with Gasteiger partial charge in [-0.2, -0.15) is 0 Å². The normalized spacial score (nSPS) is 35.3. The van der Waals surface area contributed by atoms with E-state index in [4.69, 9.17) is 0 Å². The van der Waals surface area contributed by atoms with Gasteiger partial charge in [0.1, 0.15) is 0 Å². The Bertz CT molecular complexity index is 211. The van der Waals surface area contributed by atoms with Crippen molar-refractivity contribution in [3.63, 3.8) is 0 Å². The molecule has 0 aliphatic carbocycles. The van der Waals surface area contributed by atoms with Crippen molar-refractivity contribution in [2.45, 2.75) is 18.9 Å². The van der Waals surface area contributed by atoms with E-state index >= 15 is 0 Å². The number of amides is 1. The summed E-state index contributed by atoms with van der Waals surface area (Å²) in [6.07, 6.45) is 1.15. The summed E-state index contributed by atoms with van der Waals surface area (Å²) in [5.41, 5.74) is 0.211. The fourth-order valence-corrected chi connectivity index (χ4v) is 2.37. The zero-order chi connectivity index (χ0) is 9.31. The van der Waals surface area contributed by atoms with Crippen LogP contribution in [0.25, 0.3) is 0 Å². The van der Waals surface area contributed by atoms with E-state index < -0.39 is 0 Å². The van der Waals surface area contributed by atoms with Gasteiger partial charge in [0, 0.05) is 13.1 Å². The standard InChI is InChI=1S/C9H17N3O/c1-2-12-5-8(13)11-7-9(12)3-4-10-6-9/h10H,2-7H2,1H3,(H,11,13)/t9-/m1/s1. The smallest absolute Gasteiger partial charge is 0.234 e. The van der Waals surface area contributed by atoms with Gasteiger partial charge in [-0.3, -0.25) is 9.69 Å². The molecule has 4 heteroatoms. The van der Waals surface area contributed by atoms with Crippen LogP contribution in [0.3, 0.4) is 0 Å². The minimum absolute atomic E-state index is 0.166. The van der Waals surface area contributed by atoms with Gasteiger partial charge in [-0.1, -0.05) is 6.92 Å². The molecule has 0 radical (unpaired) electrons. The van der Waals surface area contributed by atoms with Crippen molar-refractivity contribution in [2.75, 3.05) is 32.7 Å². The van der Waals surface area contributed by atoms with E-state index in [-0.39, 0.29) is 11.4 Å². The van der Waals surface area contributed by atoms with Gasteiger partial charge in [0.15, 0.2) is 0 Å². The maximum atomic E-state index is 11.2. The van der Waals surface area contributed by atoms with Crippen LogP contribution in [0.5, 0.6) is 0 Å². The third kappa shape index (κ3) is 1.44. The lowest BCUT2D eigenvalue weighted by Crippen LogP contribution is -2.64. The molecule has 2 aliphatic heterocycles. The highest BCUT2D eigenvalue weighted by Crippen LogP contribution is 2.24. The summed E-state index contributed by atoms with van der Waals surface area (Å²) < 4.78 is 0. The molecule has 2 N–H and O–H groups in total. The zero-order valence-corrected chi connectivity index (χ0v) is 8.10. The molecule has 2 fully saturated rings. The Labute approximate surface area is 78.7 Å². The minimum atomic E-state index is 0.166. The van der Waals surface area contributed by atoms with Crippen molar-refractivity contribution in [3.05, 3.63) is 0 Å². The Balaban J connectivity index is 2.12. The van der Waals surface area contributed by atoms with E-state index in [1.165, 1.54) is 0 Å². The molecule has 0 unspecified atom stereocenters. The number of piperazine rings is 1. The largest absolute Gasteiger partial charge is 0.353 e. The van der Waals surface area contributed by atoms with E-state index in [1.54, 1.807) is 0 Å². The Kier molecular flexibility index (Phi) is 2.26. The van der Waals surface area contributed by atoms with E-state index in [0.29, 0.717) is 6.54 Å². The molecule has 0 bridgehead atoms. The van der Waals surface area contributed by atoms with Crippen LogP contribution in [0.1, 0.15) is 13.3 Å². The molecule has 0 aromatic rings. The molecule has 2 rings (SSSR count). The number of carbonyl (C=O) groups excluding carboxylic acids is 1. The summed E-state index contributed by atoms with van der Waals surface area (Å²) in [7, 11) is 0. The Morgan fingerprint density at radius 3 is 3.00 bits per heavy atom. The van der Waals surface area contributed by atoms with Gasteiger partial charge in [-0.25, -0.2) is 0 Å². The van der Waals surface area contributed by atoms with Crippen LogP contribution < -0.4 is 10.6 Å². The number of hydrogen-bond acceptors (Lipinski definition) is 3. The lowest BCUT2D eigenvalue weighted by Gasteiger charge is -2.43. The van der Waals surface area contributed by atoms with Crippen LogP contribution in [0.15, 0.2) is 0 Å². The van der Waals surface area contributed by atoms with Crippen LogP contribution in [-0.4, -0.2) is 49.1 Å². The third-order valence-corrected chi connectivity index (χ3v) is 3.22. The topological polar surface area (TPSA) is 44.4 Å². The van der Waals surface area contributed by atoms with Crippen LogP contribution in [0.2, 0.25) is 0 Å². The van der Waals surface area contributed by atoms with Gasteiger partial charge in [0.05, 0.1) is 12.1 Å². The molecule has 2 saturated heterocycles. The summed E-state index contributed by atoms with van der Waals surface area (Å²) in [5.74, 6) is 0.166. The quantitative estimate of drug-likeness (QED) is 0.558. The molecule has 13 heavy (non-hydrogen) atoms. The van der Waals surface area contributed by atoms with Crippen LogP contribution >= 0.6 is 0 Å². The number of rotatable bonds is 1. The van der Waals surface area contributed by atoms with Gasteiger partial charge in [0.2, 0.25) is 5.91 Å². The number of likely N-dealkylation sites (N-methyl/N-ethyl adjacent to an activating group) is 1. The molecular weight excluding hydrogens is 166 g/mol. The molecular formula is C9H17N3O. The first kappa shape index (κ1) is 8.97. The molecule has 74 valence electrons. The molecule has 1 atom stereocenters. The highest BCUT2D eigenvalue weighted by atomic mass is 16.2. The van der Waals surface area contributed by atoms with Gasteiger partial charge >= 0.3 is 0 Å². The minimum Gasteiger partial charge on any atom is -0.353 e. The van der Waals surface area contributed by atoms with Gasteiger partial charge in [0.25, 0.3) is 0 Å². The molecule has 2 aliphatic rings. The van der Waals surface area contributed by atoms with Crippen LogP contribution in [0, 0.1) is 0 Å². The Morgan fingerprint density at radius 1 is 1.54 bits per heavy atom. The lowest BCUT2D eigenvalue weighted by molar-refractivity contribution is -0.127. The number of carbonyl (C=O) groups is 1. The molecule has 1 spiro atoms. The molecule has 0 saturated carbocycles. The van der Waals surface area contributed by atoms with E-state index in [0.717, 1.165) is 32.6 Å². The van der Waals surface area contributed by atoms with Crippen molar-refractivity contribution < 1.29 is 4.79 Å². The molecule has 4 nitrogen and oxygen atoms in total. The fraction of sp³-hybridized carbons (Fsp3) is 0.889. The van der Waals surface area contributed by atoms with E-state index in [9.17, 15) is 4.79 Å². The second-order valence-corrected chi connectivity index (χ2v) is 3.94. The predicted molar refractivity (Wildman–Crippen MR) is 50.5 cm³/mol. The van der Waals surface area contributed by atoms with Gasteiger partial charge in [-0.05, 0) is 19.5 Å². The van der Waals surface area contributed by atoms with E-state index in [2.05, 4.69) is 22.5 Å². The van der Waals surface area contributed by atoms with Crippen molar-refractivity contribution in [2.24, 2.45) is 0 Å². The molecule has 2 heterocycles. The maximum Gasteiger partial charge on any atom is 0.234 e. The number of hydrogen-bond donors (Lipinski definition) is 2. The van der Waals surface area contributed by atoms with Crippen molar-refractivity contribution >= 4 is 5.91 Å². The van der Waals surface area contributed by atoms with Gasteiger partial charge in [-0.15, -0.1) is 0 Å². The average Bonchev–Trinajstić information content (AvgIpc) is 2.59. The number of nitrogens with one attached hydrogen (secondary N) is 2. The average molecular weight is 183 g/mol. The van der Waals surface area contributed by atoms with E-state index in [1.807, 2.05) is 0 Å². The van der Waals surface area contributed by atoms with Gasteiger partial charge < -0.3 is 10.6 Å². The molecule has 0 aromatic heterocycles. The second kappa shape index (κ2) is 3.27. The van der Waals surface area contributed by atoms with Crippen molar-refractivity contribution in [3.8, 4) is 0 Å². The van der Waals surface area contributed by atoms with Crippen molar-refractivity contribution in [1.29, 1.82) is 0 Å². The first-order valence-corrected chi connectivity index (χ1v) is 4.99. The Morgan fingerprint density at radius 2 is 2.38 bits per heavy atom. The molecule has 0 aromatic carbocycles. The maximum absolute atomic E-state index is 11.2. The first-order valence-electron chi connectivity index (χ1n) is 4.99. The van der Waals surface area contributed by atoms with Crippen LogP contribution in [0.4, 0.5) is 0 Å². The Hall–Kier alpha value is -0.610. The summed E-state index contributed by atoms with van der Waals surface area (Å²) in [6, 6.07) is 0. The lowest BCUT2D eigenvalue weighted by atomic mass is 9.93.